The molecule has 1 heterocycles. The van der Waals surface area contributed by atoms with Gasteiger partial charge in [0.25, 0.3) is 0 Å². The molecule has 0 spiro atoms. The molecule has 2 rings (SSSR count). The number of cyclic esters (lactones) is 1. The van der Waals surface area contributed by atoms with Crippen LogP contribution in [0.3, 0.4) is 0 Å². The van der Waals surface area contributed by atoms with Crippen LogP contribution in [0.4, 0.5) is 0 Å². The van der Waals surface area contributed by atoms with E-state index in [2.05, 4.69) is 6.58 Å². The lowest BCUT2D eigenvalue weighted by Crippen LogP contribution is -2.16. The molecule has 0 unspecified atom stereocenters. The van der Waals surface area contributed by atoms with Crippen LogP contribution in [0.25, 0.3) is 0 Å². The Kier molecular flexibility index (Phi) is 2.57. The van der Waals surface area contributed by atoms with E-state index < -0.39 is 0 Å². The van der Waals surface area contributed by atoms with Gasteiger partial charge in [-0.05, 0) is 19.3 Å². The van der Waals surface area contributed by atoms with Crippen LogP contribution >= 0.6 is 0 Å². The second-order valence-corrected chi connectivity index (χ2v) is 3.71. The number of carbonyl (C=O) groups is 1. The van der Waals surface area contributed by atoms with Crippen LogP contribution in [0.2, 0.25) is 0 Å². The minimum Gasteiger partial charge on any atom is -0.490 e. The largest absolute Gasteiger partial charge is 0.490 e. The molecular weight excluding hydrogens is 180 g/mol. The van der Waals surface area contributed by atoms with Gasteiger partial charge in [0.2, 0.25) is 0 Å². The summed E-state index contributed by atoms with van der Waals surface area (Å²) in [6, 6.07) is 0. The minimum atomic E-state index is -0.298. The highest BCUT2D eigenvalue weighted by molar-refractivity contribution is 5.84. The third-order valence-electron chi connectivity index (χ3n) is 2.74. The van der Waals surface area contributed by atoms with Gasteiger partial charge in [-0.2, -0.15) is 0 Å². The van der Waals surface area contributed by atoms with Crippen molar-refractivity contribution >= 4 is 5.97 Å². The summed E-state index contributed by atoms with van der Waals surface area (Å²) in [5, 5.41) is 0. The highest BCUT2D eigenvalue weighted by Crippen LogP contribution is 2.31. The predicted molar refractivity (Wildman–Crippen MR) is 51.5 cm³/mol. The molecule has 2 aliphatic rings. The summed E-state index contributed by atoms with van der Waals surface area (Å²) in [4.78, 5) is 10.8. The number of carbonyl (C=O) groups excluding carboxylic acids is 1. The van der Waals surface area contributed by atoms with Crippen LogP contribution in [0.5, 0.6) is 0 Å². The van der Waals surface area contributed by atoms with Crippen molar-refractivity contribution in [2.75, 3.05) is 6.61 Å². The maximum absolute atomic E-state index is 10.8. The average molecular weight is 194 g/mol. The van der Waals surface area contributed by atoms with Gasteiger partial charge in [-0.3, -0.25) is 0 Å². The Morgan fingerprint density at radius 2 is 2.43 bits per heavy atom. The first-order chi connectivity index (χ1) is 6.79. The third kappa shape index (κ3) is 1.81. The fraction of sp³-hybridized carbons (Fsp3) is 0.545. The van der Waals surface area contributed by atoms with Gasteiger partial charge < -0.3 is 9.47 Å². The van der Waals surface area contributed by atoms with Crippen molar-refractivity contribution in [2.45, 2.75) is 25.4 Å². The van der Waals surface area contributed by atoms with E-state index in [4.69, 9.17) is 9.47 Å². The summed E-state index contributed by atoms with van der Waals surface area (Å²) >= 11 is 0. The molecule has 0 bridgehead atoms. The molecule has 0 saturated heterocycles. The number of ether oxygens (including phenoxy) is 2. The van der Waals surface area contributed by atoms with Crippen LogP contribution in [-0.2, 0) is 14.3 Å². The fourth-order valence-electron chi connectivity index (χ4n) is 1.99. The van der Waals surface area contributed by atoms with Gasteiger partial charge in [0.1, 0.15) is 18.5 Å². The number of rotatable bonds is 3. The smallest absolute Gasteiger partial charge is 0.334 e. The van der Waals surface area contributed by atoms with E-state index in [1.54, 1.807) is 0 Å². The van der Waals surface area contributed by atoms with E-state index in [0.717, 1.165) is 12.8 Å². The zero-order chi connectivity index (χ0) is 9.97. The molecule has 0 aromatic rings. The number of hydrogen-bond donors (Lipinski definition) is 0. The monoisotopic (exact) mass is 194 g/mol. The van der Waals surface area contributed by atoms with Crippen molar-refractivity contribution in [1.82, 2.24) is 0 Å². The Balaban J connectivity index is 1.93. The summed E-state index contributed by atoms with van der Waals surface area (Å²) in [7, 11) is 0. The quantitative estimate of drug-likeness (QED) is 0.507. The van der Waals surface area contributed by atoms with Crippen molar-refractivity contribution in [3.63, 3.8) is 0 Å². The molecule has 1 saturated carbocycles. The molecule has 2 atom stereocenters. The van der Waals surface area contributed by atoms with Crippen molar-refractivity contribution in [3.05, 3.63) is 24.5 Å². The van der Waals surface area contributed by atoms with Gasteiger partial charge in [0.15, 0.2) is 0 Å². The lowest BCUT2D eigenvalue weighted by molar-refractivity contribution is -0.135. The summed E-state index contributed by atoms with van der Waals surface area (Å²) in [5.41, 5.74) is 0. The number of esters is 1. The molecule has 3 heteroatoms. The molecule has 3 nitrogen and oxygen atoms in total. The molecule has 0 aromatic carbocycles. The zero-order valence-electron chi connectivity index (χ0n) is 8.07. The van der Waals surface area contributed by atoms with Crippen molar-refractivity contribution in [3.8, 4) is 0 Å². The van der Waals surface area contributed by atoms with Gasteiger partial charge in [0, 0.05) is 5.92 Å². The molecule has 1 aliphatic carbocycles. The van der Waals surface area contributed by atoms with Crippen molar-refractivity contribution < 1.29 is 14.3 Å². The summed E-state index contributed by atoms with van der Waals surface area (Å²) in [5.74, 6) is 0.786. The van der Waals surface area contributed by atoms with Crippen LogP contribution in [0.1, 0.15) is 19.3 Å². The Morgan fingerprint density at radius 1 is 1.57 bits per heavy atom. The van der Waals surface area contributed by atoms with E-state index in [1.165, 1.54) is 12.5 Å². The summed E-state index contributed by atoms with van der Waals surface area (Å²) in [6.07, 6.45) is 6.91. The maximum atomic E-state index is 10.8. The Bertz CT molecular complexity index is 280. The zero-order valence-corrected chi connectivity index (χ0v) is 8.07. The molecular formula is C11H14O3. The van der Waals surface area contributed by atoms with E-state index in [9.17, 15) is 4.79 Å². The third-order valence-corrected chi connectivity index (χ3v) is 2.74. The molecule has 14 heavy (non-hydrogen) atoms. The molecule has 1 fully saturated rings. The van der Waals surface area contributed by atoms with Gasteiger partial charge >= 0.3 is 5.97 Å². The predicted octanol–water partition coefficient (Wildman–Crippen LogP) is 1.80. The topological polar surface area (TPSA) is 35.5 Å². The highest BCUT2D eigenvalue weighted by Gasteiger charge is 2.28. The van der Waals surface area contributed by atoms with Crippen LogP contribution in [-0.4, -0.2) is 18.7 Å². The van der Waals surface area contributed by atoms with Crippen molar-refractivity contribution in [2.24, 2.45) is 5.92 Å². The van der Waals surface area contributed by atoms with E-state index in [1.807, 2.05) is 6.08 Å². The Morgan fingerprint density at radius 3 is 3.07 bits per heavy atom. The van der Waals surface area contributed by atoms with E-state index >= 15 is 0 Å². The Labute approximate surface area is 83.4 Å². The van der Waals surface area contributed by atoms with Crippen LogP contribution in [0.15, 0.2) is 24.5 Å². The first-order valence-corrected chi connectivity index (χ1v) is 4.96. The van der Waals surface area contributed by atoms with Gasteiger partial charge in [0.05, 0.1) is 6.08 Å². The van der Waals surface area contributed by atoms with E-state index in [-0.39, 0.29) is 12.1 Å². The van der Waals surface area contributed by atoms with E-state index in [0.29, 0.717) is 18.3 Å². The van der Waals surface area contributed by atoms with Gasteiger partial charge in [-0.1, -0.05) is 6.08 Å². The Hall–Kier alpha value is -1.25. The molecule has 0 amide bonds. The molecule has 1 aliphatic heterocycles. The first kappa shape index (κ1) is 9.31. The van der Waals surface area contributed by atoms with Crippen molar-refractivity contribution in [1.29, 1.82) is 0 Å². The number of hydrogen-bond acceptors (Lipinski definition) is 3. The standard InChI is InChI=1S/C11H14O3/c1-2-8-4-3-5-10(8)14-9-6-11(12)13-7-9/h2,6,8,10H,1,3-5,7H2/t8-,10-/m1/s1. The minimum absolute atomic E-state index is 0.188. The lowest BCUT2D eigenvalue weighted by atomic mass is 10.1. The second-order valence-electron chi connectivity index (χ2n) is 3.71. The molecule has 0 radical (unpaired) electrons. The van der Waals surface area contributed by atoms with Crippen LogP contribution < -0.4 is 0 Å². The summed E-state index contributed by atoms with van der Waals surface area (Å²) in [6.45, 7) is 4.08. The van der Waals surface area contributed by atoms with Gasteiger partial charge in [-0.25, -0.2) is 4.79 Å². The lowest BCUT2D eigenvalue weighted by Gasteiger charge is -2.18. The fourth-order valence-corrected chi connectivity index (χ4v) is 1.99. The van der Waals surface area contributed by atoms with Crippen LogP contribution in [0, 0.1) is 5.92 Å². The molecule has 76 valence electrons. The molecule has 0 N–H and O–H groups in total. The molecule has 0 aromatic heterocycles. The first-order valence-electron chi connectivity index (χ1n) is 4.96. The normalized spacial score (nSPS) is 31.1. The second kappa shape index (κ2) is 3.86. The summed E-state index contributed by atoms with van der Waals surface area (Å²) < 4.78 is 10.5. The highest BCUT2D eigenvalue weighted by atomic mass is 16.6. The average Bonchev–Trinajstić information content (AvgIpc) is 2.76. The maximum Gasteiger partial charge on any atom is 0.334 e. The SMILES string of the molecule is C=C[C@@H]1CCC[C@H]1OC1=CC(=O)OC1. The van der Waals surface area contributed by atoms with Gasteiger partial charge in [-0.15, -0.1) is 6.58 Å².